The average Bonchev–Trinajstić information content (AvgIpc) is 2.81. The number of amides is 1. The number of nitrogens with one attached hydrogen (secondary N) is 1. The molecule has 0 radical (unpaired) electrons. The molecule has 1 aliphatic rings. The third-order valence-corrected chi connectivity index (χ3v) is 4.26. The van der Waals surface area contributed by atoms with E-state index >= 15 is 0 Å². The minimum atomic E-state index is -0.766. The summed E-state index contributed by atoms with van der Waals surface area (Å²) in [6.07, 6.45) is 5.90. The summed E-state index contributed by atoms with van der Waals surface area (Å²) in [5.74, 6) is 0.0392. The number of rotatable bonds is 3. The number of fused-ring (bicyclic) bond motifs is 1. The van der Waals surface area contributed by atoms with Gasteiger partial charge in [-0.25, -0.2) is 0 Å². The van der Waals surface area contributed by atoms with Crippen LogP contribution in [0.4, 0.5) is 0 Å². The highest BCUT2D eigenvalue weighted by Gasteiger charge is 2.28. The van der Waals surface area contributed by atoms with E-state index in [0.717, 1.165) is 31.1 Å². The Morgan fingerprint density at radius 1 is 1.19 bits per heavy atom. The van der Waals surface area contributed by atoms with E-state index in [4.69, 9.17) is 4.42 Å². The van der Waals surface area contributed by atoms with Crippen molar-refractivity contribution in [1.82, 2.24) is 5.32 Å². The van der Waals surface area contributed by atoms with Crippen LogP contribution < -0.4 is 5.32 Å². The van der Waals surface area contributed by atoms with Gasteiger partial charge in [0.2, 0.25) is 0 Å². The second-order valence-electron chi connectivity index (χ2n) is 5.97. The first kappa shape index (κ1) is 14.1. The van der Waals surface area contributed by atoms with E-state index in [2.05, 4.69) is 5.32 Å². The molecule has 21 heavy (non-hydrogen) atoms. The first-order valence-electron chi connectivity index (χ1n) is 7.65. The molecule has 1 fully saturated rings. The summed E-state index contributed by atoms with van der Waals surface area (Å²) >= 11 is 0. The second kappa shape index (κ2) is 5.90. The zero-order valence-corrected chi connectivity index (χ0v) is 12.1. The molecule has 1 saturated carbocycles. The molecule has 3 rings (SSSR count). The Bertz CT molecular complexity index is 591. The standard InChI is InChI=1S/C17H21NO3/c19-16(15-11-13-7-3-4-8-14(13)21-15)18-12-17(20)9-5-1-2-6-10-17/h3-4,7-8,11,20H,1-2,5-6,9-10,12H2,(H,18,19). The summed E-state index contributed by atoms with van der Waals surface area (Å²) in [5, 5.41) is 14.3. The van der Waals surface area contributed by atoms with Gasteiger partial charge in [-0.05, 0) is 25.0 Å². The van der Waals surface area contributed by atoms with Gasteiger partial charge in [-0.2, -0.15) is 0 Å². The van der Waals surface area contributed by atoms with Crippen LogP contribution >= 0.6 is 0 Å². The van der Waals surface area contributed by atoms with Crippen molar-refractivity contribution in [2.45, 2.75) is 44.1 Å². The van der Waals surface area contributed by atoms with E-state index in [0.29, 0.717) is 17.9 Å². The van der Waals surface area contributed by atoms with Crippen LogP contribution in [-0.4, -0.2) is 23.2 Å². The van der Waals surface area contributed by atoms with Gasteiger partial charge in [-0.1, -0.05) is 43.9 Å². The van der Waals surface area contributed by atoms with E-state index in [-0.39, 0.29) is 5.91 Å². The molecular formula is C17H21NO3. The normalized spacial score (nSPS) is 18.3. The van der Waals surface area contributed by atoms with Gasteiger partial charge in [0.1, 0.15) is 5.58 Å². The summed E-state index contributed by atoms with van der Waals surface area (Å²) in [7, 11) is 0. The number of aliphatic hydroxyl groups is 1. The van der Waals surface area contributed by atoms with Gasteiger partial charge >= 0.3 is 0 Å². The Labute approximate surface area is 124 Å². The van der Waals surface area contributed by atoms with Crippen molar-refractivity contribution in [3.8, 4) is 0 Å². The van der Waals surface area contributed by atoms with E-state index in [1.807, 2.05) is 24.3 Å². The topological polar surface area (TPSA) is 62.5 Å². The molecule has 1 aliphatic carbocycles. The maximum Gasteiger partial charge on any atom is 0.287 e. The average molecular weight is 287 g/mol. The Hall–Kier alpha value is -1.81. The molecule has 0 bridgehead atoms. The predicted molar refractivity (Wildman–Crippen MR) is 81.2 cm³/mol. The highest BCUT2D eigenvalue weighted by atomic mass is 16.3. The van der Waals surface area contributed by atoms with Gasteiger partial charge in [0.25, 0.3) is 5.91 Å². The lowest BCUT2D eigenvalue weighted by molar-refractivity contribution is 0.0243. The van der Waals surface area contributed by atoms with Crippen LogP contribution in [0.1, 0.15) is 49.1 Å². The molecule has 1 heterocycles. The van der Waals surface area contributed by atoms with Crippen molar-refractivity contribution in [2.75, 3.05) is 6.54 Å². The molecule has 1 aromatic carbocycles. The maximum atomic E-state index is 12.2. The van der Waals surface area contributed by atoms with Crippen molar-refractivity contribution < 1.29 is 14.3 Å². The molecule has 0 unspecified atom stereocenters. The molecule has 2 N–H and O–H groups in total. The summed E-state index contributed by atoms with van der Waals surface area (Å²) < 4.78 is 5.53. The molecule has 2 aromatic rings. The summed E-state index contributed by atoms with van der Waals surface area (Å²) in [6.45, 7) is 0.295. The lowest BCUT2D eigenvalue weighted by Gasteiger charge is -2.26. The van der Waals surface area contributed by atoms with Crippen LogP contribution in [-0.2, 0) is 0 Å². The SMILES string of the molecule is O=C(NCC1(O)CCCCCC1)c1cc2ccccc2o1. The fraction of sp³-hybridized carbons (Fsp3) is 0.471. The monoisotopic (exact) mass is 287 g/mol. The van der Waals surface area contributed by atoms with Crippen LogP contribution in [0.2, 0.25) is 0 Å². The summed E-state index contributed by atoms with van der Waals surface area (Å²) in [5.41, 5.74) is -0.0612. The Kier molecular flexibility index (Phi) is 3.97. The van der Waals surface area contributed by atoms with Crippen molar-refractivity contribution in [1.29, 1.82) is 0 Å². The van der Waals surface area contributed by atoms with Gasteiger partial charge < -0.3 is 14.8 Å². The molecule has 1 amide bonds. The smallest absolute Gasteiger partial charge is 0.287 e. The molecule has 4 heteroatoms. The minimum absolute atomic E-state index is 0.260. The number of carbonyl (C=O) groups is 1. The predicted octanol–water partition coefficient (Wildman–Crippen LogP) is 3.25. The van der Waals surface area contributed by atoms with Crippen LogP contribution in [0.15, 0.2) is 34.7 Å². The van der Waals surface area contributed by atoms with Gasteiger partial charge in [-0.15, -0.1) is 0 Å². The third-order valence-electron chi connectivity index (χ3n) is 4.26. The number of para-hydroxylation sites is 1. The molecule has 0 atom stereocenters. The van der Waals surface area contributed by atoms with Gasteiger partial charge in [0.05, 0.1) is 5.60 Å². The van der Waals surface area contributed by atoms with E-state index in [9.17, 15) is 9.90 Å². The Balaban J connectivity index is 1.65. The van der Waals surface area contributed by atoms with Crippen molar-refractivity contribution in [2.24, 2.45) is 0 Å². The Morgan fingerprint density at radius 2 is 1.90 bits per heavy atom. The van der Waals surface area contributed by atoms with Crippen LogP contribution in [0.5, 0.6) is 0 Å². The molecule has 1 aromatic heterocycles. The molecule has 0 spiro atoms. The summed E-state index contributed by atoms with van der Waals surface area (Å²) in [6, 6.07) is 9.27. The largest absolute Gasteiger partial charge is 0.451 e. The molecular weight excluding hydrogens is 266 g/mol. The lowest BCUT2D eigenvalue weighted by atomic mass is 9.94. The molecule has 112 valence electrons. The van der Waals surface area contributed by atoms with E-state index in [1.165, 1.54) is 12.8 Å². The minimum Gasteiger partial charge on any atom is -0.451 e. The van der Waals surface area contributed by atoms with Crippen molar-refractivity contribution >= 4 is 16.9 Å². The molecule has 0 saturated heterocycles. The third kappa shape index (κ3) is 3.27. The number of hydrogen-bond acceptors (Lipinski definition) is 3. The Morgan fingerprint density at radius 3 is 2.62 bits per heavy atom. The zero-order chi connectivity index (χ0) is 14.7. The zero-order valence-electron chi connectivity index (χ0n) is 12.1. The van der Waals surface area contributed by atoms with Crippen LogP contribution in [0.25, 0.3) is 11.0 Å². The highest BCUT2D eigenvalue weighted by Crippen LogP contribution is 2.26. The number of furan rings is 1. The van der Waals surface area contributed by atoms with E-state index < -0.39 is 5.60 Å². The van der Waals surface area contributed by atoms with Crippen LogP contribution in [0, 0.1) is 0 Å². The van der Waals surface area contributed by atoms with Gasteiger partial charge in [-0.3, -0.25) is 4.79 Å². The first-order valence-corrected chi connectivity index (χ1v) is 7.65. The fourth-order valence-electron chi connectivity index (χ4n) is 2.99. The lowest BCUT2D eigenvalue weighted by Crippen LogP contribution is -2.42. The highest BCUT2D eigenvalue weighted by molar-refractivity contribution is 5.96. The number of carbonyl (C=O) groups excluding carboxylic acids is 1. The second-order valence-corrected chi connectivity index (χ2v) is 5.97. The number of hydrogen-bond donors (Lipinski definition) is 2. The molecule has 0 aliphatic heterocycles. The van der Waals surface area contributed by atoms with Crippen LogP contribution in [0.3, 0.4) is 0 Å². The first-order chi connectivity index (χ1) is 10.2. The van der Waals surface area contributed by atoms with Crippen molar-refractivity contribution in [3.63, 3.8) is 0 Å². The molecule has 4 nitrogen and oxygen atoms in total. The van der Waals surface area contributed by atoms with Gasteiger partial charge in [0.15, 0.2) is 5.76 Å². The maximum absolute atomic E-state index is 12.2. The van der Waals surface area contributed by atoms with Gasteiger partial charge in [0, 0.05) is 11.9 Å². The quantitative estimate of drug-likeness (QED) is 0.852. The summed E-state index contributed by atoms with van der Waals surface area (Å²) in [4.78, 5) is 12.2. The fourth-order valence-corrected chi connectivity index (χ4v) is 2.99. The van der Waals surface area contributed by atoms with Crippen molar-refractivity contribution in [3.05, 3.63) is 36.1 Å². The van der Waals surface area contributed by atoms with E-state index in [1.54, 1.807) is 6.07 Å². The number of benzene rings is 1.